The molecule has 0 saturated heterocycles. The highest BCUT2D eigenvalue weighted by Crippen LogP contribution is 2.30. The number of hydrogen-bond donors (Lipinski definition) is 1. The Kier molecular flexibility index (Phi) is 5.37. The fourth-order valence-electron chi connectivity index (χ4n) is 1.66. The molecule has 20 heavy (non-hydrogen) atoms. The van der Waals surface area contributed by atoms with Crippen LogP contribution >= 0.6 is 43.5 Å². The zero-order chi connectivity index (χ0) is 14.7. The first-order chi connectivity index (χ1) is 9.56. The lowest BCUT2D eigenvalue weighted by molar-refractivity contribution is 0.181. The summed E-state index contributed by atoms with van der Waals surface area (Å²) in [6.07, 6.45) is 0. The molecule has 4 nitrogen and oxygen atoms in total. The number of aromatic nitrogens is 2. The van der Waals surface area contributed by atoms with Crippen molar-refractivity contribution in [3.05, 3.63) is 37.9 Å². The van der Waals surface area contributed by atoms with E-state index in [-0.39, 0.29) is 0 Å². The highest BCUT2D eigenvalue weighted by Gasteiger charge is 2.13. The summed E-state index contributed by atoms with van der Waals surface area (Å²) in [6.45, 7) is 0.402. The van der Waals surface area contributed by atoms with E-state index in [4.69, 9.17) is 16.3 Å². The summed E-state index contributed by atoms with van der Waals surface area (Å²) < 4.78 is 6.78. The van der Waals surface area contributed by atoms with Gasteiger partial charge < -0.3 is 10.1 Å². The number of rotatable bonds is 4. The number of nitrogens with one attached hydrogen (secondary N) is 1. The van der Waals surface area contributed by atoms with Crippen LogP contribution in [0.15, 0.2) is 27.1 Å². The average Bonchev–Trinajstić information content (AvgIpc) is 2.44. The van der Waals surface area contributed by atoms with E-state index in [0.29, 0.717) is 23.3 Å². The molecule has 1 N–H and O–H groups in total. The average molecular weight is 422 g/mol. The van der Waals surface area contributed by atoms with Gasteiger partial charge in [0.05, 0.1) is 21.8 Å². The van der Waals surface area contributed by atoms with Crippen LogP contribution in [0.4, 0.5) is 5.82 Å². The summed E-state index contributed by atoms with van der Waals surface area (Å²) in [5, 5.41) is 3.69. The molecule has 2 aromatic rings. The van der Waals surface area contributed by atoms with Gasteiger partial charge in [-0.05, 0) is 50.1 Å². The van der Waals surface area contributed by atoms with Crippen LogP contribution in [0.3, 0.4) is 0 Å². The highest BCUT2D eigenvalue weighted by atomic mass is 79.9. The SMILES string of the molecule is CNc1nc(-c2ccc(Cl)c(Br)c2)nc(COC)c1Br. The molecule has 0 bridgehead atoms. The Bertz CT molecular complexity index is 637. The van der Waals surface area contributed by atoms with E-state index in [1.807, 2.05) is 19.2 Å². The van der Waals surface area contributed by atoms with Crippen molar-refractivity contribution in [1.82, 2.24) is 9.97 Å². The number of ether oxygens (including phenoxy) is 1. The third kappa shape index (κ3) is 3.31. The maximum Gasteiger partial charge on any atom is 0.161 e. The molecule has 0 fully saturated rings. The van der Waals surface area contributed by atoms with Crippen molar-refractivity contribution in [1.29, 1.82) is 0 Å². The van der Waals surface area contributed by atoms with Crippen LogP contribution in [-0.4, -0.2) is 24.1 Å². The fourth-order valence-corrected chi connectivity index (χ4v) is 2.64. The van der Waals surface area contributed by atoms with Crippen molar-refractivity contribution < 1.29 is 4.74 Å². The van der Waals surface area contributed by atoms with Gasteiger partial charge >= 0.3 is 0 Å². The summed E-state index contributed by atoms with van der Waals surface area (Å²) >= 11 is 12.9. The maximum atomic E-state index is 6.01. The van der Waals surface area contributed by atoms with Gasteiger partial charge in [-0.15, -0.1) is 0 Å². The van der Waals surface area contributed by atoms with Crippen LogP contribution in [0.25, 0.3) is 11.4 Å². The second-order valence-corrected chi connectivity index (χ2v) is 6.02. The summed E-state index contributed by atoms with van der Waals surface area (Å²) in [6, 6.07) is 5.58. The van der Waals surface area contributed by atoms with Gasteiger partial charge in [0, 0.05) is 24.2 Å². The lowest BCUT2D eigenvalue weighted by Crippen LogP contribution is -2.04. The molecule has 1 aromatic carbocycles. The molecule has 0 spiro atoms. The van der Waals surface area contributed by atoms with Crippen LogP contribution in [0.5, 0.6) is 0 Å². The van der Waals surface area contributed by atoms with Crippen LogP contribution in [0, 0.1) is 0 Å². The van der Waals surface area contributed by atoms with Gasteiger partial charge in [-0.2, -0.15) is 0 Å². The lowest BCUT2D eigenvalue weighted by Gasteiger charge is -2.11. The highest BCUT2D eigenvalue weighted by molar-refractivity contribution is 9.11. The zero-order valence-corrected chi connectivity index (χ0v) is 14.8. The van der Waals surface area contributed by atoms with Crippen LogP contribution in [-0.2, 0) is 11.3 Å². The lowest BCUT2D eigenvalue weighted by atomic mass is 10.2. The van der Waals surface area contributed by atoms with Crippen LogP contribution in [0.1, 0.15) is 5.69 Å². The molecule has 7 heteroatoms. The number of anilines is 1. The number of halogens is 3. The molecule has 0 aliphatic carbocycles. The predicted molar refractivity (Wildman–Crippen MR) is 88.1 cm³/mol. The van der Waals surface area contributed by atoms with Gasteiger partial charge in [0.15, 0.2) is 5.82 Å². The number of hydrogen-bond acceptors (Lipinski definition) is 4. The summed E-state index contributed by atoms with van der Waals surface area (Å²) in [7, 11) is 3.44. The molecular formula is C13H12Br2ClN3O. The molecule has 1 aromatic heterocycles. The molecule has 0 unspecified atom stereocenters. The molecule has 106 valence electrons. The predicted octanol–water partition coefficient (Wildman–Crippen LogP) is 4.51. The van der Waals surface area contributed by atoms with Crippen molar-refractivity contribution in [2.75, 3.05) is 19.5 Å². The van der Waals surface area contributed by atoms with E-state index in [0.717, 1.165) is 20.2 Å². The maximum absolute atomic E-state index is 6.01. The number of benzene rings is 1. The largest absolute Gasteiger partial charge is 0.378 e. The molecule has 0 aliphatic rings. The van der Waals surface area contributed by atoms with Gasteiger partial charge in [-0.1, -0.05) is 11.6 Å². The molecule has 1 heterocycles. The molecule has 0 amide bonds. The summed E-state index contributed by atoms with van der Waals surface area (Å²) in [5.74, 6) is 1.33. The normalized spacial score (nSPS) is 10.7. The smallest absolute Gasteiger partial charge is 0.161 e. The summed E-state index contributed by atoms with van der Waals surface area (Å²) in [5.41, 5.74) is 1.66. The van der Waals surface area contributed by atoms with Gasteiger partial charge in [-0.25, -0.2) is 9.97 Å². The second-order valence-electron chi connectivity index (χ2n) is 3.97. The van der Waals surface area contributed by atoms with E-state index < -0.39 is 0 Å². The molecule has 0 radical (unpaired) electrons. The van der Waals surface area contributed by atoms with E-state index in [2.05, 4.69) is 47.1 Å². The minimum absolute atomic E-state index is 0.402. The van der Waals surface area contributed by atoms with Crippen molar-refractivity contribution in [2.24, 2.45) is 0 Å². The van der Waals surface area contributed by atoms with E-state index in [1.165, 1.54) is 0 Å². The van der Waals surface area contributed by atoms with E-state index in [1.54, 1.807) is 13.2 Å². The van der Waals surface area contributed by atoms with Crippen LogP contribution < -0.4 is 5.32 Å². The van der Waals surface area contributed by atoms with Gasteiger partial charge in [0.1, 0.15) is 5.82 Å². The molecular weight excluding hydrogens is 409 g/mol. The Labute approximate surface area is 139 Å². The second kappa shape index (κ2) is 6.85. The first kappa shape index (κ1) is 15.7. The molecule has 0 aliphatic heterocycles. The first-order valence-corrected chi connectivity index (χ1v) is 7.71. The number of nitrogens with zero attached hydrogens (tertiary/aromatic N) is 2. The Morgan fingerprint density at radius 1 is 1.30 bits per heavy atom. The third-order valence-electron chi connectivity index (χ3n) is 2.62. The monoisotopic (exact) mass is 419 g/mol. The minimum atomic E-state index is 0.402. The summed E-state index contributed by atoms with van der Waals surface area (Å²) in [4.78, 5) is 9.01. The molecule has 2 rings (SSSR count). The molecule has 0 saturated carbocycles. The standard InChI is InChI=1S/C13H12Br2ClN3O/c1-17-13-11(15)10(6-20-2)18-12(19-13)7-3-4-9(16)8(14)5-7/h3-5H,6H2,1-2H3,(H,17,18,19). The van der Waals surface area contributed by atoms with E-state index >= 15 is 0 Å². The van der Waals surface area contributed by atoms with Gasteiger partial charge in [0.2, 0.25) is 0 Å². The Morgan fingerprint density at radius 3 is 2.65 bits per heavy atom. The molecule has 0 atom stereocenters. The topological polar surface area (TPSA) is 47.0 Å². The Balaban J connectivity index is 2.55. The Morgan fingerprint density at radius 2 is 2.05 bits per heavy atom. The van der Waals surface area contributed by atoms with Gasteiger partial charge in [0.25, 0.3) is 0 Å². The third-order valence-corrected chi connectivity index (χ3v) is 4.66. The van der Waals surface area contributed by atoms with Crippen molar-refractivity contribution in [3.63, 3.8) is 0 Å². The van der Waals surface area contributed by atoms with Gasteiger partial charge in [-0.3, -0.25) is 0 Å². The van der Waals surface area contributed by atoms with Crippen molar-refractivity contribution in [3.8, 4) is 11.4 Å². The first-order valence-electron chi connectivity index (χ1n) is 5.75. The van der Waals surface area contributed by atoms with Crippen LogP contribution in [0.2, 0.25) is 5.02 Å². The minimum Gasteiger partial charge on any atom is -0.378 e. The number of methoxy groups -OCH3 is 1. The zero-order valence-electron chi connectivity index (χ0n) is 10.9. The Hall–Kier alpha value is -0.690. The quantitative estimate of drug-likeness (QED) is 0.789. The van der Waals surface area contributed by atoms with E-state index in [9.17, 15) is 0 Å². The van der Waals surface area contributed by atoms with Crippen molar-refractivity contribution in [2.45, 2.75) is 6.61 Å². The van der Waals surface area contributed by atoms with Crippen molar-refractivity contribution >= 4 is 49.3 Å². The fraction of sp³-hybridized carbons (Fsp3) is 0.231.